The van der Waals surface area contributed by atoms with Gasteiger partial charge >= 0.3 is 0 Å². The van der Waals surface area contributed by atoms with Crippen molar-refractivity contribution < 1.29 is 10.2 Å². The molecule has 31 heavy (non-hydrogen) atoms. The fourth-order valence-corrected chi connectivity index (χ4v) is 4.68. The molecule has 5 heteroatoms. The number of rotatable bonds is 7. The van der Waals surface area contributed by atoms with E-state index in [0.29, 0.717) is 23.0 Å². The summed E-state index contributed by atoms with van der Waals surface area (Å²) in [6, 6.07) is 11.2. The van der Waals surface area contributed by atoms with Gasteiger partial charge in [-0.15, -0.1) is 0 Å². The van der Waals surface area contributed by atoms with E-state index >= 15 is 0 Å². The van der Waals surface area contributed by atoms with Gasteiger partial charge in [0.1, 0.15) is 5.75 Å². The number of aromatic nitrogens is 1. The van der Waals surface area contributed by atoms with Crippen LogP contribution in [0.5, 0.6) is 5.75 Å². The van der Waals surface area contributed by atoms with Gasteiger partial charge in [-0.25, -0.2) is 0 Å². The number of allylic oxidation sites excluding steroid dienone is 1. The smallest absolute Gasteiger partial charge is 0.248 e. The lowest BCUT2D eigenvalue weighted by molar-refractivity contribution is 0.171. The third-order valence-electron chi connectivity index (χ3n) is 6.19. The lowest BCUT2D eigenvalue weighted by Gasteiger charge is -2.18. The Balaban J connectivity index is 1.47. The summed E-state index contributed by atoms with van der Waals surface area (Å²) in [7, 11) is 0. The van der Waals surface area contributed by atoms with E-state index < -0.39 is 6.10 Å². The van der Waals surface area contributed by atoms with Crippen LogP contribution in [0.3, 0.4) is 0 Å². The summed E-state index contributed by atoms with van der Waals surface area (Å²) in [5.74, 6) is 0.000134. The number of fused-ring (bicyclic) bond motifs is 2. The Labute approximate surface area is 182 Å². The molecule has 0 aliphatic heterocycles. The highest BCUT2D eigenvalue weighted by Gasteiger charge is 2.24. The molecule has 1 aliphatic carbocycles. The minimum atomic E-state index is -0.747. The predicted octanol–water partition coefficient (Wildman–Crippen LogP) is 3.71. The standard InChI is InChI=1S/C26H30N2O3/c1-4-16-10-18-12-20(13-19(18)11-17(16)9-15(2)3)27-14-24(30)21-5-7-23(29)26-22(21)6-8-25(31)28-26/h5-8,10-11,20,24,27,29-30H,2,4,9,12-14H2,1,3H3,(H,28,31)/t20?,24-/m0/s1. The zero-order chi connectivity index (χ0) is 22.1. The van der Waals surface area contributed by atoms with E-state index in [-0.39, 0.29) is 17.4 Å². The van der Waals surface area contributed by atoms with E-state index in [1.165, 1.54) is 40.0 Å². The van der Waals surface area contributed by atoms with Crippen LogP contribution in [0.4, 0.5) is 0 Å². The van der Waals surface area contributed by atoms with Crippen molar-refractivity contribution in [2.45, 2.75) is 51.7 Å². The number of hydrogen-bond acceptors (Lipinski definition) is 4. The van der Waals surface area contributed by atoms with Crippen molar-refractivity contribution in [3.05, 3.63) is 86.7 Å². The van der Waals surface area contributed by atoms with Gasteiger partial charge in [-0.05, 0) is 72.6 Å². The Morgan fingerprint density at radius 3 is 2.58 bits per heavy atom. The molecule has 0 fully saturated rings. The highest BCUT2D eigenvalue weighted by molar-refractivity contribution is 5.87. The van der Waals surface area contributed by atoms with Crippen LogP contribution in [-0.2, 0) is 25.7 Å². The van der Waals surface area contributed by atoms with E-state index in [0.717, 1.165) is 25.7 Å². The van der Waals surface area contributed by atoms with Gasteiger partial charge in [-0.1, -0.05) is 37.3 Å². The van der Waals surface area contributed by atoms with E-state index in [4.69, 9.17) is 0 Å². The summed E-state index contributed by atoms with van der Waals surface area (Å²) in [5, 5.41) is 25.1. The summed E-state index contributed by atoms with van der Waals surface area (Å²) in [6.45, 7) is 8.73. The molecule has 4 rings (SSSR count). The number of pyridine rings is 1. The van der Waals surface area contributed by atoms with Gasteiger partial charge in [0.05, 0.1) is 11.6 Å². The summed E-state index contributed by atoms with van der Waals surface area (Å²) in [4.78, 5) is 14.3. The number of aliphatic hydroxyl groups is 1. The Hall–Kier alpha value is -2.89. The molecule has 1 heterocycles. The Morgan fingerprint density at radius 1 is 1.19 bits per heavy atom. The number of phenols is 1. The number of aryl methyl sites for hydroxylation is 1. The van der Waals surface area contributed by atoms with E-state index in [9.17, 15) is 15.0 Å². The Morgan fingerprint density at radius 2 is 1.90 bits per heavy atom. The zero-order valence-electron chi connectivity index (χ0n) is 18.2. The number of nitrogens with one attached hydrogen (secondary N) is 2. The topological polar surface area (TPSA) is 85.3 Å². The monoisotopic (exact) mass is 418 g/mol. The van der Waals surface area contributed by atoms with E-state index in [1.807, 2.05) is 0 Å². The first-order chi connectivity index (χ1) is 14.9. The van der Waals surface area contributed by atoms with Crippen molar-refractivity contribution >= 4 is 10.9 Å². The molecule has 2 aromatic carbocycles. The first-order valence-electron chi connectivity index (χ1n) is 10.9. The molecular formula is C26H30N2O3. The fourth-order valence-electron chi connectivity index (χ4n) is 4.68. The molecule has 0 bridgehead atoms. The van der Waals surface area contributed by atoms with Gasteiger partial charge in [0.2, 0.25) is 5.56 Å². The maximum absolute atomic E-state index is 11.6. The third-order valence-corrected chi connectivity index (χ3v) is 6.19. The molecule has 5 nitrogen and oxygen atoms in total. The molecule has 0 spiro atoms. The lowest BCUT2D eigenvalue weighted by atomic mass is 9.94. The lowest BCUT2D eigenvalue weighted by Crippen LogP contribution is -2.33. The number of H-pyrrole nitrogens is 1. The quantitative estimate of drug-likeness (QED) is 0.441. The molecule has 1 aromatic heterocycles. The molecular weight excluding hydrogens is 388 g/mol. The van der Waals surface area contributed by atoms with E-state index in [2.05, 4.69) is 42.9 Å². The summed E-state index contributed by atoms with van der Waals surface area (Å²) < 4.78 is 0. The number of phenolic OH excluding ortho intramolecular Hbond substituents is 1. The largest absolute Gasteiger partial charge is 0.506 e. The van der Waals surface area contributed by atoms with Crippen LogP contribution in [0.25, 0.3) is 10.9 Å². The van der Waals surface area contributed by atoms with Crippen LogP contribution in [0.15, 0.2) is 53.3 Å². The molecule has 0 saturated heterocycles. The Bertz CT molecular complexity index is 1200. The molecule has 3 aromatic rings. The van der Waals surface area contributed by atoms with Crippen LogP contribution in [-0.4, -0.2) is 27.8 Å². The molecule has 162 valence electrons. The minimum Gasteiger partial charge on any atom is -0.506 e. The maximum Gasteiger partial charge on any atom is 0.248 e. The van der Waals surface area contributed by atoms with Crippen LogP contribution >= 0.6 is 0 Å². The van der Waals surface area contributed by atoms with Gasteiger partial charge in [-0.3, -0.25) is 4.79 Å². The normalized spacial score (nSPS) is 16.4. The second-order valence-corrected chi connectivity index (χ2v) is 8.69. The Kier molecular flexibility index (Phi) is 5.99. The fraction of sp³-hybridized carbons (Fsp3) is 0.346. The number of hydrogen-bond donors (Lipinski definition) is 4. The molecule has 0 saturated carbocycles. The average molecular weight is 419 g/mol. The predicted molar refractivity (Wildman–Crippen MR) is 125 cm³/mol. The van der Waals surface area contributed by atoms with Gasteiger partial charge in [0, 0.05) is 24.0 Å². The van der Waals surface area contributed by atoms with Crippen molar-refractivity contribution in [1.29, 1.82) is 0 Å². The molecule has 1 aliphatic rings. The van der Waals surface area contributed by atoms with Gasteiger partial charge < -0.3 is 20.5 Å². The van der Waals surface area contributed by atoms with E-state index in [1.54, 1.807) is 12.1 Å². The first-order valence-corrected chi connectivity index (χ1v) is 10.9. The second-order valence-electron chi connectivity index (χ2n) is 8.69. The van der Waals surface area contributed by atoms with Crippen molar-refractivity contribution in [3.8, 4) is 5.75 Å². The van der Waals surface area contributed by atoms with Gasteiger partial charge in [-0.2, -0.15) is 0 Å². The molecule has 4 N–H and O–H groups in total. The third kappa shape index (κ3) is 4.43. The highest BCUT2D eigenvalue weighted by Crippen LogP contribution is 2.30. The van der Waals surface area contributed by atoms with Gasteiger partial charge in [0.15, 0.2) is 0 Å². The molecule has 2 atom stereocenters. The first kappa shape index (κ1) is 21.3. The van der Waals surface area contributed by atoms with Crippen LogP contribution in [0.1, 0.15) is 47.8 Å². The number of aromatic amines is 1. The van der Waals surface area contributed by atoms with Crippen LogP contribution in [0, 0.1) is 0 Å². The minimum absolute atomic E-state index is 0.000134. The SMILES string of the molecule is C=C(C)Cc1cc2c(cc1CC)CC(NC[C@H](O)c1ccc(O)c3[nH]c(=O)ccc13)C2. The van der Waals surface area contributed by atoms with Crippen molar-refractivity contribution in [1.82, 2.24) is 10.3 Å². The number of aromatic hydroxyl groups is 1. The van der Waals surface area contributed by atoms with Crippen LogP contribution in [0.2, 0.25) is 0 Å². The summed E-state index contributed by atoms with van der Waals surface area (Å²) in [5.41, 5.74) is 7.47. The summed E-state index contributed by atoms with van der Waals surface area (Å²) in [6.07, 6.45) is 3.08. The van der Waals surface area contributed by atoms with Crippen molar-refractivity contribution in [2.75, 3.05) is 6.54 Å². The number of benzene rings is 2. The maximum atomic E-state index is 11.6. The average Bonchev–Trinajstić information content (AvgIpc) is 3.13. The number of aliphatic hydroxyl groups excluding tert-OH is 1. The van der Waals surface area contributed by atoms with Gasteiger partial charge in [0.25, 0.3) is 0 Å². The van der Waals surface area contributed by atoms with Crippen molar-refractivity contribution in [2.24, 2.45) is 0 Å². The van der Waals surface area contributed by atoms with Crippen LogP contribution < -0.4 is 10.9 Å². The highest BCUT2D eigenvalue weighted by atomic mass is 16.3. The zero-order valence-corrected chi connectivity index (χ0v) is 18.2. The molecule has 0 amide bonds. The molecule has 1 unspecified atom stereocenters. The summed E-state index contributed by atoms with van der Waals surface area (Å²) >= 11 is 0. The molecule has 0 radical (unpaired) electrons. The second kappa shape index (κ2) is 8.69. The van der Waals surface area contributed by atoms with Crippen molar-refractivity contribution in [3.63, 3.8) is 0 Å².